The Morgan fingerprint density at radius 3 is 2.22 bits per heavy atom. The minimum absolute atomic E-state index is 0.170. The van der Waals surface area contributed by atoms with Crippen LogP contribution in [-0.2, 0) is 9.53 Å². The molecule has 0 spiro atoms. The highest BCUT2D eigenvalue weighted by molar-refractivity contribution is 5.99. The number of carbonyl (C=O) groups excluding carboxylic acids is 3. The molecule has 0 bridgehead atoms. The first kappa shape index (κ1) is 19.8. The molecule has 1 atom stereocenters. The van der Waals surface area contributed by atoms with Gasteiger partial charge in [-0.1, -0.05) is 0 Å². The Hall–Kier alpha value is -3.55. The molecule has 0 saturated carbocycles. The summed E-state index contributed by atoms with van der Waals surface area (Å²) < 4.78 is 15.4. The summed E-state index contributed by atoms with van der Waals surface area (Å²) in [6.45, 7) is 1.45. The number of esters is 1. The molecule has 8 nitrogen and oxygen atoms in total. The molecule has 2 rings (SSSR count). The van der Waals surface area contributed by atoms with Crippen LogP contribution in [0.15, 0.2) is 42.5 Å². The van der Waals surface area contributed by atoms with Crippen LogP contribution >= 0.6 is 0 Å². The quantitative estimate of drug-likeness (QED) is 0.718. The lowest BCUT2D eigenvalue weighted by Crippen LogP contribution is -2.30. The molecule has 2 amide bonds. The topological polar surface area (TPSA) is 117 Å². The fourth-order valence-corrected chi connectivity index (χ4v) is 2.21. The van der Waals surface area contributed by atoms with Crippen LogP contribution in [-0.4, -0.2) is 38.1 Å². The van der Waals surface area contributed by atoms with E-state index in [9.17, 15) is 14.4 Å². The summed E-state index contributed by atoms with van der Waals surface area (Å²) in [7, 11) is 2.91. The van der Waals surface area contributed by atoms with Crippen molar-refractivity contribution in [2.75, 3.05) is 19.5 Å². The van der Waals surface area contributed by atoms with Gasteiger partial charge >= 0.3 is 5.97 Å². The van der Waals surface area contributed by atoms with E-state index in [0.717, 1.165) is 0 Å². The lowest BCUT2D eigenvalue weighted by molar-refractivity contribution is -0.123. The normalized spacial score (nSPS) is 11.2. The van der Waals surface area contributed by atoms with E-state index in [0.29, 0.717) is 17.0 Å². The molecule has 27 heavy (non-hydrogen) atoms. The van der Waals surface area contributed by atoms with Gasteiger partial charge in [0.05, 0.1) is 14.2 Å². The molecular formula is C19H20N2O6. The number of methoxy groups -OCH3 is 2. The van der Waals surface area contributed by atoms with E-state index < -0.39 is 23.9 Å². The number of benzene rings is 2. The van der Waals surface area contributed by atoms with Crippen molar-refractivity contribution >= 4 is 23.5 Å². The van der Waals surface area contributed by atoms with Gasteiger partial charge in [-0.2, -0.15) is 0 Å². The van der Waals surface area contributed by atoms with Crippen LogP contribution in [0.25, 0.3) is 0 Å². The molecule has 0 aromatic heterocycles. The van der Waals surface area contributed by atoms with Crippen molar-refractivity contribution in [2.45, 2.75) is 13.0 Å². The van der Waals surface area contributed by atoms with Gasteiger partial charge in [-0.3, -0.25) is 9.59 Å². The van der Waals surface area contributed by atoms with Crippen LogP contribution in [0.4, 0.5) is 5.69 Å². The maximum Gasteiger partial charge on any atom is 0.342 e. The maximum atomic E-state index is 12.3. The lowest BCUT2D eigenvalue weighted by atomic mass is 10.2. The number of carbonyl (C=O) groups is 3. The summed E-state index contributed by atoms with van der Waals surface area (Å²) >= 11 is 0. The SMILES string of the molecule is COc1ccc(C(=O)O[C@H](C)C(=O)Nc2ccc(C(N)=O)cc2)c(OC)c1. The third kappa shape index (κ3) is 4.97. The Morgan fingerprint density at radius 1 is 1.00 bits per heavy atom. The highest BCUT2D eigenvalue weighted by Gasteiger charge is 2.22. The first-order chi connectivity index (χ1) is 12.8. The highest BCUT2D eigenvalue weighted by Crippen LogP contribution is 2.25. The minimum Gasteiger partial charge on any atom is -0.497 e. The molecule has 2 aromatic rings. The van der Waals surface area contributed by atoms with Gasteiger partial charge in [-0.05, 0) is 43.3 Å². The average Bonchev–Trinajstić information content (AvgIpc) is 2.67. The number of hydrogen-bond acceptors (Lipinski definition) is 6. The molecule has 142 valence electrons. The number of hydrogen-bond donors (Lipinski definition) is 2. The van der Waals surface area contributed by atoms with Crippen molar-refractivity contribution in [1.82, 2.24) is 0 Å². The van der Waals surface area contributed by atoms with Gasteiger partial charge in [0.1, 0.15) is 17.1 Å². The Labute approximate surface area is 156 Å². The van der Waals surface area contributed by atoms with E-state index in [1.165, 1.54) is 51.5 Å². The largest absolute Gasteiger partial charge is 0.497 e. The molecule has 0 aliphatic rings. The summed E-state index contributed by atoms with van der Waals surface area (Å²) in [4.78, 5) is 35.6. The molecular weight excluding hydrogens is 352 g/mol. The third-order valence-corrected chi connectivity index (χ3v) is 3.72. The van der Waals surface area contributed by atoms with Gasteiger partial charge in [-0.15, -0.1) is 0 Å². The number of nitrogens with two attached hydrogens (primary N) is 1. The van der Waals surface area contributed by atoms with Crippen LogP contribution in [0, 0.1) is 0 Å². The molecule has 0 unspecified atom stereocenters. The van der Waals surface area contributed by atoms with Crippen molar-refractivity contribution < 1.29 is 28.6 Å². The third-order valence-electron chi connectivity index (χ3n) is 3.72. The number of anilines is 1. The maximum absolute atomic E-state index is 12.3. The van der Waals surface area contributed by atoms with E-state index in [4.69, 9.17) is 19.9 Å². The fraction of sp³-hybridized carbons (Fsp3) is 0.211. The van der Waals surface area contributed by atoms with Gasteiger partial charge in [-0.25, -0.2) is 4.79 Å². The van der Waals surface area contributed by atoms with E-state index >= 15 is 0 Å². The van der Waals surface area contributed by atoms with Crippen molar-refractivity contribution in [3.63, 3.8) is 0 Å². The van der Waals surface area contributed by atoms with Crippen LogP contribution < -0.4 is 20.5 Å². The molecule has 0 aliphatic heterocycles. The first-order valence-corrected chi connectivity index (χ1v) is 7.99. The predicted octanol–water partition coefficient (Wildman–Crippen LogP) is 1.99. The van der Waals surface area contributed by atoms with Gasteiger partial charge in [0, 0.05) is 17.3 Å². The Balaban J connectivity index is 2.03. The van der Waals surface area contributed by atoms with Crippen LogP contribution in [0.3, 0.4) is 0 Å². The Bertz CT molecular complexity index is 848. The number of rotatable bonds is 7. The second-order valence-corrected chi connectivity index (χ2v) is 5.54. The molecule has 0 saturated heterocycles. The van der Waals surface area contributed by atoms with Crippen molar-refractivity contribution in [2.24, 2.45) is 5.73 Å². The smallest absolute Gasteiger partial charge is 0.342 e. The van der Waals surface area contributed by atoms with Gasteiger partial charge in [0.25, 0.3) is 5.91 Å². The predicted molar refractivity (Wildman–Crippen MR) is 98.0 cm³/mol. The van der Waals surface area contributed by atoms with Gasteiger partial charge in [0.15, 0.2) is 6.10 Å². The molecule has 8 heteroatoms. The van der Waals surface area contributed by atoms with E-state index in [1.807, 2.05) is 0 Å². The van der Waals surface area contributed by atoms with Crippen molar-refractivity contribution in [1.29, 1.82) is 0 Å². The molecule has 2 aromatic carbocycles. The summed E-state index contributed by atoms with van der Waals surface area (Å²) in [6, 6.07) is 10.6. The number of ether oxygens (including phenoxy) is 3. The first-order valence-electron chi connectivity index (χ1n) is 7.99. The average molecular weight is 372 g/mol. The summed E-state index contributed by atoms with van der Waals surface area (Å²) in [5.74, 6) is -1.00. The van der Waals surface area contributed by atoms with Gasteiger partial charge in [0.2, 0.25) is 5.91 Å². The number of nitrogens with one attached hydrogen (secondary N) is 1. The summed E-state index contributed by atoms with van der Waals surface area (Å²) in [5, 5.41) is 2.59. The lowest BCUT2D eigenvalue weighted by Gasteiger charge is -2.15. The highest BCUT2D eigenvalue weighted by atomic mass is 16.5. The second kappa shape index (κ2) is 8.70. The summed E-state index contributed by atoms with van der Waals surface area (Å²) in [5.41, 5.74) is 6.09. The molecule has 0 heterocycles. The van der Waals surface area contributed by atoms with Gasteiger partial charge < -0.3 is 25.3 Å². The van der Waals surface area contributed by atoms with Crippen LogP contribution in [0.1, 0.15) is 27.6 Å². The van der Waals surface area contributed by atoms with Crippen molar-refractivity contribution in [3.05, 3.63) is 53.6 Å². The fourth-order valence-electron chi connectivity index (χ4n) is 2.21. The zero-order valence-corrected chi connectivity index (χ0v) is 15.1. The Morgan fingerprint density at radius 2 is 1.67 bits per heavy atom. The van der Waals surface area contributed by atoms with Crippen molar-refractivity contribution in [3.8, 4) is 11.5 Å². The second-order valence-electron chi connectivity index (χ2n) is 5.54. The molecule has 0 aliphatic carbocycles. The zero-order valence-electron chi connectivity index (χ0n) is 15.1. The van der Waals surface area contributed by atoms with E-state index in [2.05, 4.69) is 5.32 Å². The molecule has 0 fully saturated rings. The number of amides is 2. The van der Waals surface area contributed by atoms with E-state index in [1.54, 1.807) is 12.1 Å². The molecule has 3 N–H and O–H groups in total. The van der Waals surface area contributed by atoms with Crippen LogP contribution in [0.2, 0.25) is 0 Å². The standard InChI is InChI=1S/C19H20N2O6/c1-11(18(23)21-13-6-4-12(5-7-13)17(20)22)27-19(24)15-9-8-14(25-2)10-16(15)26-3/h4-11H,1-3H3,(H2,20,22)(H,21,23)/t11-/m1/s1. The monoisotopic (exact) mass is 372 g/mol. The molecule has 0 radical (unpaired) electrons. The Kier molecular flexibility index (Phi) is 6.37. The van der Waals surface area contributed by atoms with E-state index in [-0.39, 0.29) is 11.3 Å². The number of primary amides is 1. The van der Waals surface area contributed by atoms with Crippen LogP contribution in [0.5, 0.6) is 11.5 Å². The summed E-state index contributed by atoms with van der Waals surface area (Å²) in [6.07, 6.45) is -1.06. The zero-order chi connectivity index (χ0) is 20.0. The minimum atomic E-state index is -1.06.